The zero-order chi connectivity index (χ0) is 31.8. The number of carbonyl (C=O) groups is 1. The number of benzene rings is 5. The number of hydrogen-bond acceptors (Lipinski definition) is 5. The predicted molar refractivity (Wildman–Crippen MR) is 185 cm³/mol. The van der Waals surface area contributed by atoms with E-state index in [4.69, 9.17) is 10.3 Å². The zero-order valence-corrected chi connectivity index (χ0v) is 26.4. The summed E-state index contributed by atoms with van der Waals surface area (Å²) in [6.45, 7) is 5.77. The average molecular weight is 606 g/mol. The van der Waals surface area contributed by atoms with E-state index in [9.17, 15) is 4.79 Å². The summed E-state index contributed by atoms with van der Waals surface area (Å²) in [7, 11) is 0. The summed E-state index contributed by atoms with van der Waals surface area (Å²) in [4.78, 5) is 13.7. The number of nitrogens with zero attached hydrogens (tertiary/aromatic N) is 4. The van der Waals surface area contributed by atoms with E-state index in [1.807, 2.05) is 35.0 Å². The van der Waals surface area contributed by atoms with E-state index >= 15 is 0 Å². The van der Waals surface area contributed by atoms with Gasteiger partial charge in [-0.2, -0.15) is 0 Å². The Kier molecular flexibility index (Phi) is 9.56. The molecular formula is C40H39N5O. The summed E-state index contributed by atoms with van der Waals surface area (Å²) in [6.07, 6.45) is 2.32. The maximum atomic E-state index is 13.7. The molecule has 46 heavy (non-hydrogen) atoms. The summed E-state index contributed by atoms with van der Waals surface area (Å²) < 4.78 is 1.95. The monoisotopic (exact) mass is 605 g/mol. The van der Waals surface area contributed by atoms with Crippen molar-refractivity contribution in [3.05, 3.63) is 161 Å². The van der Waals surface area contributed by atoms with E-state index in [1.54, 1.807) is 0 Å². The van der Waals surface area contributed by atoms with Crippen LogP contribution in [0.15, 0.2) is 133 Å². The summed E-state index contributed by atoms with van der Waals surface area (Å²) in [5, 5.41) is 17.2. The van der Waals surface area contributed by atoms with E-state index in [0.29, 0.717) is 18.8 Å². The molecule has 0 fully saturated rings. The van der Waals surface area contributed by atoms with Crippen LogP contribution < -0.4 is 5.32 Å². The number of unbranched alkanes of at least 4 members (excludes halogenated alkanes) is 1. The van der Waals surface area contributed by atoms with Crippen LogP contribution in [-0.2, 0) is 12.1 Å². The number of tetrazole rings is 1. The quantitative estimate of drug-likeness (QED) is 0.106. The first-order valence-electron chi connectivity index (χ1n) is 16.1. The van der Waals surface area contributed by atoms with Gasteiger partial charge in [0.2, 0.25) is 0 Å². The van der Waals surface area contributed by atoms with E-state index in [0.717, 1.165) is 63.9 Å². The SMILES string of the molecule is CCCCC(=O)c1cc(CNCC)ccc1-c1ccccc1-c1nnnn1C(c1ccccc1)(c1ccccc1)c1ccccc1. The minimum Gasteiger partial charge on any atom is -0.313 e. The molecule has 0 bridgehead atoms. The third-order valence-electron chi connectivity index (χ3n) is 8.54. The largest absolute Gasteiger partial charge is 0.313 e. The molecule has 6 aromatic rings. The van der Waals surface area contributed by atoms with Gasteiger partial charge in [0.25, 0.3) is 0 Å². The van der Waals surface area contributed by atoms with Crippen LogP contribution in [-0.4, -0.2) is 32.5 Å². The number of carbonyl (C=O) groups excluding carboxylic acids is 1. The van der Waals surface area contributed by atoms with Crippen molar-refractivity contribution in [3.8, 4) is 22.5 Å². The molecule has 1 heterocycles. The molecule has 0 aliphatic rings. The fraction of sp³-hybridized carbons (Fsp3) is 0.200. The summed E-state index contributed by atoms with van der Waals surface area (Å²) in [5.41, 5.74) is 6.67. The zero-order valence-electron chi connectivity index (χ0n) is 26.4. The van der Waals surface area contributed by atoms with Crippen molar-refractivity contribution in [2.75, 3.05) is 6.54 Å². The van der Waals surface area contributed by atoms with Gasteiger partial charge in [-0.15, -0.1) is 5.10 Å². The lowest BCUT2D eigenvalue weighted by Crippen LogP contribution is -2.39. The molecule has 5 aromatic carbocycles. The van der Waals surface area contributed by atoms with Crippen molar-refractivity contribution >= 4 is 5.78 Å². The van der Waals surface area contributed by atoms with Crippen LogP contribution in [0.3, 0.4) is 0 Å². The first-order valence-corrected chi connectivity index (χ1v) is 16.1. The third kappa shape index (κ3) is 5.92. The van der Waals surface area contributed by atoms with Crippen molar-refractivity contribution in [3.63, 3.8) is 0 Å². The molecule has 0 amide bonds. The Labute approximate surface area is 271 Å². The number of Topliss-reactive ketones (excluding diaryl/α,β-unsaturated/α-hetero) is 1. The average Bonchev–Trinajstić information content (AvgIpc) is 3.61. The van der Waals surface area contributed by atoms with Crippen LogP contribution in [0.2, 0.25) is 0 Å². The number of ketones is 1. The van der Waals surface area contributed by atoms with Gasteiger partial charge >= 0.3 is 0 Å². The van der Waals surface area contributed by atoms with Gasteiger partial charge < -0.3 is 5.32 Å². The summed E-state index contributed by atoms with van der Waals surface area (Å²) in [6, 6.07) is 45.5. The molecule has 0 aliphatic heterocycles. The number of rotatable bonds is 13. The fourth-order valence-electron chi connectivity index (χ4n) is 6.31. The number of hydrogen-bond donors (Lipinski definition) is 1. The van der Waals surface area contributed by atoms with Crippen LogP contribution in [0.25, 0.3) is 22.5 Å². The normalized spacial score (nSPS) is 11.4. The van der Waals surface area contributed by atoms with Crippen molar-refractivity contribution in [2.45, 2.75) is 45.2 Å². The van der Waals surface area contributed by atoms with Crippen LogP contribution >= 0.6 is 0 Å². The Morgan fingerprint density at radius 2 is 1.26 bits per heavy atom. The maximum absolute atomic E-state index is 13.7. The Balaban J connectivity index is 1.61. The summed E-state index contributed by atoms with van der Waals surface area (Å²) >= 11 is 0. The Morgan fingerprint density at radius 3 is 1.83 bits per heavy atom. The highest BCUT2D eigenvalue weighted by molar-refractivity contribution is 6.04. The molecule has 0 aliphatic carbocycles. The number of aromatic nitrogens is 4. The highest BCUT2D eigenvalue weighted by atomic mass is 16.1. The molecule has 0 atom stereocenters. The Morgan fingerprint density at radius 1 is 0.696 bits per heavy atom. The smallest absolute Gasteiger partial charge is 0.184 e. The van der Waals surface area contributed by atoms with E-state index in [1.165, 1.54) is 0 Å². The first kappa shape index (κ1) is 30.8. The molecule has 6 nitrogen and oxygen atoms in total. The Bertz CT molecular complexity index is 1790. The second-order valence-electron chi connectivity index (χ2n) is 11.5. The molecule has 230 valence electrons. The van der Waals surface area contributed by atoms with Crippen LogP contribution in [0.1, 0.15) is 65.7 Å². The highest BCUT2D eigenvalue weighted by Crippen LogP contribution is 2.43. The fourth-order valence-corrected chi connectivity index (χ4v) is 6.31. The second kappa shape index (κ2) is 14.3. The molecule has 6 rings (SSSR count). The first-order chi connectivity index (χ1) is 22.7. The van der Waals surface area contributed by atoms with E-state index in [-0.39, 0.29) is 5.78 Å². The second-order valence-corrected chi connectivity index (χ2v) is 11.5. The van der Waals surface area contributed by atoms with Crippen molar-refractivity contribution < 1.29 is 4.79 Å². The molecule has 0 saturated heterocycles. The summed E-state index contributed by atoms with van der Waals surface area (Å²) in [5.74, 6) is 0.757. The highest BCUT2D eigenvalue weighted by Gasteiger charge is 2.42. The lowest BCUT2D eigenvalue weighted by molar-refractivity contribution is 0.0980. The predicted octanol–water partition coefficient (Wildman–Crippen LogP) is 8.33. The lowest BCUT2D eigenvalue weighted by Gasteiger charge is -2.36. The van der Waals surface area contributed by atoms with Gasteiger partial charge in [-0.05, 0) is 62.8 Å². The van der Waals surface area contributed by atoms with Gasteiger partial charge in [-0.1, -0.05) is 148 Å². The molecule has 1 aromatic heterocycles. The van der Waals surface area contributed by atoms with Crippen molar-refractivity contribution in [2.24, 2.45) is 0 Å². The molecule has 0 spiro atoms. The standard InChI is InChI=1S/C40H39N5O/c1-3-5-25-38(46)37-28-30(29-41-4-2)26-27-35(37)34-23-15-16-24-36(34)39-42-43-44-45(39)40(31-17-9-6-10-18-31,32-19-11-7-12-20-32)33-21-13-8-14-22-33/h6-24,26-28,41H,3-5,25,29H2,1-2H3. The van der Waals surface area contributed by atoms with Crippen LogP contribution in [0.4, 0.5) is 0 Å². The molecule has 0 unspecified atom stereocenters. The minimum absolute atomic E-state index is 0.150. The van der Waals surface area contributed by atoms with Gasteiger partial charge in [0, 0.05) is 24.1 Å². The van der Waals surface area contributed by atoms with Gasteiger partial charge in [-0.3, -0.25) is 4.79 Å². The Hall–Kier alpha value is -5.20. The lowest BCUT2D eigenvalue weighted by atomic mass is 9.77. The van der Waals surface area contributed by atoms with E-state index < -0.39 is 5.54 Å². The van der Waals surface area contributed by atoms with Crippen LogP contribution in [0.5, 0.6) is 0 Å². The molecule has 0 radical (unpaired) electrons. The number of nitrogens with one attached hydrogen (secondary N) is 1. The minimum atomic E-state index is -0.884. The molecular weight excluding hydrogens is 566 g/mol. The van der Waals surface area contributed by atoms with Crippen molar-refractivity contribution in [1.82, 2.24) is 25.5 Å². The molecule has 0 saturated carbocycles. The van der Waals surface area contributed by atoms with Gasteiger partial charge in [0.1, 0.15) is 5.54 Å². The van der Waals surface area contributed by atoms with Gasteiger partial charge in [0.05, 0.1) is 0 Å². The third-order valence-corrected chi connectivity index (χ3v) is 8.54. The van der Waals surface area contributed by atoms with Crippen molar-refractivity contribution in [1.29, 1.82) is 0 Å². The van der Waals surface area contributed by atoms with Gasteiger partial charge in [0.15, 0.2) is 11.6 Å². The van der Waals surface area contributed by atoms with E-state index in [2.05, 4.69) is 128 Å². The topological polar surface area (TPSA) is 72.7 Å². The van der Waals surface area contributed by atoms with Crippen LogP contribution in [0, 0.1) is 0 Å². The molecule has 6 heteroatoms. The maximum Gasteiger partial charge on any atom is 0.184 e. The van der Waals surface area contributed by atoms with Gasteiger partial charge in [-0.25, -0.2) is 4.68 Å². The molecule has 1 N–H and O–H groups in total.